The van der Waals surface area contributed by atoms with Crippen LogP contribution in [0.5, 0.6) is 0 Å². The molecule has 0 spiro atoms. The van der Waals surface area contributed by atoms with Crippen LogP contribution in [0.2, 0.25) is 0 Å². The number of halogens is 1. The average Bonchev–Trinajstić information content (AvgIpc) is 2.46. The van der Waals surface area contributed by atoms with Gasteiger partial charge in [-0.2, -0.15) is 5.10 Å². The molecule has 0 aliphatic carbocycles. The summed E-state index contributed by atoms with van der Waals surface area (Å²) < 4.78 is 12.7. The Morgan fingerprint density at radius 2 is 1.85 bits per heavy atom. The first-order valence-electron chi connectivity index (χ1n) is 6.42. The Hall–Kier alpha value is -2.30. The predicted octanol–water partition coefficient (Wildman–Crippen LogP) is 2.67. The molecule has 0 fully saturated rings. The molecule has 1 amide bonds. The van der Waals surface area contributed by atoms with Crippen molar-refractivity contribution in [2.24, 2.45) is 0 Å². The fourth-order valence-corrected chi connectivity index (χ4v) is 1.65. The highest BCUT2D eigenvalue weighted by Gasteiger charge is 2.09. The molecule has 2 rings (SSSR count). The fraction of sp³-hybridized carbons (Fsp3) is 0.267. The number of nitrogens with one attached hydrogen (secondary N) is 1. The maximum absolute atomic E-state index is 12.7. The van der Waals surface area contributed by atoms with Crippen molar-refractivity contribution in [1.82, 2.24) is 15.5 Å². The zero-order valence-electron chi connectivity index (χ0n) is 11.4. The van der Waals surface area contributed by atoms with Gasteiger partial charge in [-0.05, 0) is 35.7 Å². The van der Waals surface area contributed by atoms with Crippen LogP contribution in [0, 0.1) is 5.82 Å². The number of nitrogens with zero attached hydrogens (tertiary/aromatic N) is 2. The molecule has 0 radical (unpaired) electrons. The van der Waals surface area contributed by atoms with E-state index in [1.54, 1.807) is 24.3 Å². The van der Waals surface area contributed by atoms with E-state index in [2.05, 4.69) is 15.5 Å². The van der Waals surface area contributed by atoms with Crippen molar-refractivity contribution in [3.8, 4) is 0 Å². The van der Waals surface area contributed by atoms with Gasteiger partial charge in [-0.3, -0.25) is 4.79 Å². The monoisotopic (exact) mass is 273 g/mol. The van der Waals surface area contributed by atoms with Crippen molar-refractivity contribution in [1.29, 1.82) is 0 Å². The van der Waals surface area contributed by atoms with Crippen LogP contribution < -0.4 is 5.32 Å². The molecule has 2 aromatic rings. The molecule has 0 saturated heterocycles. The Balaban J connectivity index is 1.96. The third kappa shape index (κ3) is 3.60. The van der Waals surface area contributed by atoms with Crippen LogP contribution in [0.25, 0.3) is 0 Å². The molecule has 1 heterocycles. The minimum absolute atomic E-state index is 0.275. The molecule has 1 aromatic heterocycles. The van der Waals surface area contributed by atoms with Crippen molar-refractivity contribution in [2.45, 2.75) is 26.3 Å². The lowest BCUT2D eigenvalue weighted by Crippen LogP contribution is -2.24. The Morgan fingerprint density at radius 3 is 2.40 bits per heavy atom. The van der Waals surface area contributed by atoms with E-state index in [-0.39, 0.29) is 23.3 Å². The topological polar surface area (TPSA) is 54.9 Å². The standard InChI is InChI=1S/C15H16FN3O/c1-10(2)13-7-8-14(19-18-13)15(20)17-9-11-3-5-12(16)6-4-11/h3-8,10H,9H2,1-2H3,(H,17,20). The van der Waals surface area contributed by atoms with Crippen LogP contribution in [-0.4, -0.2) is 16.1 Å². The summed E-state index contributed by atoms with van der Waals surface area (Å²) >= 11 is 0. The van der Waals surface area contributed by atoms with E-state index < -0.39 is 0 Å². The van der Waals surface area contributed by atoms with Gasteiger partial charge in [0.2, 0.25) is 0 Å². The molecule has 0 bridgehead atoms. The predicted molar refractivity (Wildman–Crippen MR) is 73.7 cm³/mol. The maximum Gasteiger partial charge on any atom is 0.272 e. The molecule has 104 valence electrons. The third-order valence-electron chi connectivity index (χ3n) is 2.88. The van der Waals surface area contributed by atoms with Gasteiger partial charge in [0, 0.05) is 6.54 Å². The molecule has 4 nitrogen and oxygen atoms in total. The first kappa shape index (κ1) is 14.1. The number of rotatable bonds is 4. The number of amides is 1. The van der Waals surface area contributed by atoms with E-state index in [0.29, 0.717) is 6.54 Å². The average molecular weight is 273 g/mol. The van der Waals surface area contributed by atoms with E-state index in [0.717, 1.165) is 11.3 Å². The Bertz CT molecular complexity index is 579. The van der Waals surface area contributed by atoms with E-state index in [1.807, 2.05) is 13.8 Å². The van der Waals surface area contributed by atoms with E-state index >= 15 is 0 Å². The highest BCUT2D eigenvalue weighted by atomic mass is 19.1. The van der Waals surface area contributed by atoms with Crippen molar-refractivity contribution < 1.29 is 9.18 Å². The van der Waals surface area contributed by atoms with Gasteiger partial charge in [-0.1, -0.05) is 26.0 Å². The molecule has 0 atom stereocenters. The van der Waals surface area contributed by atoms with Crippen LogP contribution in [0.4, 0.5) is 4.39 Å². The second kappa shape index (κ2) is 6.23. The summed E-state index contributed by atoms with van der Waals surface area (Å²) in [5.74, 6) is -0.314. The lowest BCUT2D eigenvalue weighted by molar-refractivity contribution is 0.0944. The molecular weight excluding hydrogens is 257 g/mol. The van der Waals surface area contributed by atoms with Gasteiger partial charge in [0.05, 0.1) is 5.69 Å². The van der Waals surface area contributed by atoms with E-state index in [4.69, 9.17) is 0 Å². The van der Waals surface area contributed by atoms with E-state index in [1.165, 1.54) is 12.1 Å². The smallest absolute Gasteiger partial charge is 0.272 e. The minimum atomic E-state index is -0.296. The van der Waals surface area contributed by atoms with Gasteiger partial charge in [0.25, 0.3) is 5.91 Å². The van der Waals surface area contributed by atoms with Gasteiger partial charge in [0.1, 0.15) is 5.82 Å². The van der Waals surface area contributed by atoms with Crippen LogP contribution in [0.15, 0.2) is 36.4 Å². The third-order valence-corrected chi connectivity index (χ3v) is 2.88. The molecule has 0 saturated carbocycles. The SMILES string of the molecule is CC(C)c1ccc(C(=O)NCc2ccc(F)cc2)nn1. The Labute approximate surface area is 117 Å². The van der Waals surface area contributed by atoms with Crippen molar-refractivity contribution in [3.63, 3.8) is 0 Å². The largest absolute Gasteiger partial charge is 0.347 e. The van der Waals surface area contributed by atoms with Crippen molar-refractivity contribution in [2.75, 3.05) is 0 Å². The lowest BCUT2D eigenvalue weighted by atomic mass is 10.1. The van der Waals surface area contributed by atoms with Crippen molar-refractivity contribution >= 4 is 5.91 Å². The Kier molecular flexibility index (Phi) is 4.40. The van der Waals surface area contributed by atoms with Gasteiger partial charge >= 0.3 is 0 Å². The number of hydrogen-bond donors (Lipinski definition) is 1. The first-order valence-corrected chi connectivity index (χ1v) is 6.42. The van der Waals surface area contributed by atoms with Crippen LogP contribution in [-0.2, 0) is 6.54 Å². The number of carbonyl (C=O) groups excluding carboxylic acids is 1. The number of aromatic nitrogens is 2. The van der Waals surface area contributed by atoms with Gasteiger partial charge in [-0.15, -0.1) is 5.10 Å². The summed E-state index contributed by atoms with van der Waals surface area (Å²) in [4.78, 5) is 11.9. The van der Waals surface area contributed by atoms with Crippen LogP contribution >= 0.6 is 0 Å². The summed E-state index contributed by atoms with van der Waals surface area (Å²) in [7, 11) is 0. The lowest BCUT2D eigenvalue weighted by Gasteiger charge is -2.06. The second-order valence-electron chi connectivity index (χ2n) is 4.81. The molecule has 1 aromatic carbocycles. The number of benzene rings is 1. The fourth-order valence-electron chi connectivity index (χ4n) is 1.65. The first-order chi connectivity index (χ1) is 9.56. The summed E-state index contributed by atoms with van der Waals surface area (Å²) in [6.45, 7) is 4.35. The summed E-state index contributed by atoms with van der Waals surface area (Å²) in [5.41, 5.74) is 1.95. The Morgan fingerprint density at radius 1 is 1.15 bits per heavy atom. The maximum atomic E-state index is 12.7. The van der Waals surface area contributed by atoms with Gasteiger partial charge in [-0.25, -0.2) is 4.39 Å². The van der Waals surface area contributed by atoms with Crippen LogP contribution in [0.1, 0.15) is 41.5 Å². The van der Waals surface area contributed by atoms with Gasteiger partial charge in [0.15, 0.2) is 5.69 Å². The highest BCUT2D eigenvalue weighted by Crippen LogP contribution is 2.09. The van der Waals surface area contributed by atoms with Gasteiger partial charge < -0.3 is 5.32 Å². The minimum Gasteiger partial charge on any atom is -0.347 e. The summed E-state index contributed by atoms with van der Waals surface area (Å²) in [5, 5.41) is 10.6. The molecule has 0 aliphatic heterocycles. The zero-order valence-corrected chi connectivity index (χ0v) is 11.4. The van der Waals surface area contributed by atoms with E-state index in [9.17, 15) is 9.18 Å². The molecule has 1 N–H and O–H groups in total. The molecule has 0 unspecified atom stereocenters. The highest BCUT2D eigenvalue weighted by molar-refractivity contribution is 5.91. The quantitative estimate of drug-likeness (QED) is 0.931. The molecule has 5 heteroatoms. The number of hydrogen-bond acceptors (Lipinski definition) is 3. The number of carbonyl (C=O) groups is 1. The zero-order chi connectivity index (χ0) is 14.5. The summed E-state index contributed by atoms with van der Waals surface area (Å²) in [6.07, 6.45) is 0. The second-order valence-corrected chi connectivity index (χ2v) is 4.81. The molecular formula is C15H16FN3O. The molecule has 0 aliphatic rings. The van der Waals surface area contributed by atoms with Crippen molar-refractivity contribution in [3.05, 3.63) is 59.2 Å². The summed E-state index contributed by atoms with van der Waals surface area (Å²) in [6, 6.07) is 9.43. The normalized spacial score (nSPS) is 10.6. The van der Waals surface area contributed by atoms with Crippen LogP contribution in [0.3, 0.4) is 0 Å². The molecule has 20 heavy (non-hydrogen) atoms.